The third-order valence-electron chi connectivity index (χ3n) is 2.91. The van der Waals surface area contributed by atoms with Crippen molar-refractivity contribution >= 4 is 41.9 Å². The average molecular weight is 499 g/mol. The molecule has 0 radical (unpaired) electrons. The van der Waals surface area contributed by atoms with E-state index in [-0.39, 0.29) is 35.9 Å². The Labute approximate surface area is 181 Å². The smallest absolute Gasteiger partial charge is 0.408 e. The number of ether oxygens (including phenoxy) is 1. The number of carbonyl (C=O) groups excluding carboxylic acids is 2. The topological polar surface area (TPSA) is 104 Å². The summed E-state index contributed by atoms with van der Waals surface area (Å²) in [5.74, 6) is 0.596. The third-order valence-corrected chi connectivity index (χ3v) is 2.91. The Morgan fingerprint density at radius 3 is 2.15 bits per heavy atom. The molecule has 9 heteroatoms. The van der Waals surface area contributed by atoms with Crippen molar-refractivity contribution in [3.63, 3.8) is 0 Å². The molecule has 0 bridgehead atoms. The molecule has 0 aromatic rings. The number of hydrogen-bond donors (Lipinski definition) is 4. The zero-order valence-corrected chi connectivity index (χ0v) is 20.3. The van der Waals surface area contributed by atoms with Crippen molar-refractivity contribution in [3.8, 4) is 0 Å². The predicted octanol–water partition coefficient (Wildman–Crippen LogP) is 2.38. The first-order valence-corrected chi connectivity index (χ1v) is 9.17. The number of nitrogens with zero attached hydrogens (tertiary/aromatic N) is 1. The number of nitrogens with one attached hydrogen (secondary N) is 4. The van der Waals surface area contributed by atoms with Crippen LogP contribution < -0.4 is 21.3 Å². The maximum absolute atomic E-state index is 11.9. The molecule has 27 heavy (non-hydrogen) atoms. The van der Waals surface area contributed by atoms with Crippen LogP contribution in [0.1, 0.15) is 61.8 Å². The van der Waals surface area contributed by atoms with Crippen LogP contribution in [0.5, 0.6) is 0 Å². The first kappa shape index (κ1) is 28.0. The van der Waals surface area contributed by atoms with Gasteiger partial charge in [0.2, 0.25) is 5.91 Å². The standard InChI is InChI=1S/C18H37N5O3.HI/c1-9-19-15(20-11-10-14(24)22-13(2)3)21-12-18(7,8)23-16(25)26-17(4,5)6;/h13H,9-12H2,1-8H3,(H,22,24)(H,23,25)(H2,19,20,21);1H. The van der Waals surface area contributed by atoms with Crippen LogP contribution in [0.3, 0.4) is 0 Å². The molecule has 0 fully saturated rings. The molecule has 0 saturated heterocycles. The minimum atomic E-state index is -0.570. The Morgan fingerprint density at radius 2 is 1.67 bits per heavy atom. The van der Waals surface area contributed by atoms with Crippen LogP contribution in [-0.2, 0) is 9.53 Å². The fourth-order valence-corrected chi connectivity index (χ4v) is 1.93. The molecule has 0 heterocycles. The fourth-order valence-electron chi connectivity index (χ4n) is 1.93. The minimum absolute atomic E-state index is 0. The van der Waals surface area contributed by atoms with Gasteiger partial charge in [-0.3, -0.25) is 9.79 Å². The molecule has 0 spiro atoms. The second-order valence-electron chi connectivity index (χ2n) is 8.10. The van der Waals surface area contributed by atoms with E-state index >= 15 is 0 Å². The van der Waals surface area contributed by atoms with Gasteiger partial charge in [0.05, 0.1) is 12.1 Å². The lowest BCUT2D eigenvalue weighted by atomic mass is 10.1. The maximum Gasteiger partial charge on any atom is 0.408 e. The quantitative estimate of drug-likeness (QED) is 0.233. The SMILES string of the molecule is CCNC(=NCC(C)(C)NC(=O)OC(C)(C)C)NCCC(=O)NC(C)C.I. The molecule has 0 atom stereocenters. The number of hydrogen-bond acceptors (Lipinski definition) is 4. The van der Waals surface area contributed by atoms with Crippen LogP contribution in [0.15, 0.2) is 4.99 Å². The second-order valence-corrected chi connectivity index (χ2v) is 8.10. The van der Waals surface area contributed by atoms with Crippen molar-refractivity contribution in [2.24, 2.45) is 4.99 Å². The highest BCUT2D eigenvalue weighted by atomic mass is 127. The third kappa shape index (κ3) is 16.6. The Kier molecular flexibility index (Phi) is 13.5. The molecule has 0 aliphatic rings. The summed E-state index contributed by atoms with van der Waals surface area (Å²) in [6.45, 7) is 16.6. The Balaban J connectivity index is 0. The average Bonchev–Trinajstić information content (AvgIpc) is 2.41. The van der Waals surface area contributed by atoms with E-state index in [1.807, 2.05) is 55.4 Å². The van der Waals surface area contributed by atoms with Crippen molar-refractivity contribution in [1.29, 1.82) is 0 Å². The molecule has 0 aromatic carbocycles. The highest BCUT2D eigenvalue weighted by molar-refractivity contribution is 14.0. The molecule has 4 N–H and O–H groups in total. The fraction of sp³-hybridized carbons (Fsp3) is 0.833. The van der Waals surface area contributed by atoms with Crippen LogP contribution in [0, 0.1) is 0 Å². The van der Waals surface area contributed by atoms with E-state index in [9.17, 15) is 9.59 Å². The van der Waals surface area contributed by atoms with Crippen molar-refractivity contribution in [2.45, 2.75) is 79.0 Å². The van der Waals surface area contributed by atoms with Crippen LogP contribution in [0.2, 0.25) is 0 Å². The number of amides is 2. The summed E-state index contributed by atoms with van der Waals surface area (Å²) in [4.78, 5) is 28.1. The Morgan fingerprint density at radius 1 is 1.07 bits per heavy atom. The van der Waals surface area contributed by atoms with E-state index in [1.54, 1.807) is 0 Å². The lowest BCUT2D eigenvalue weighted by Crippen LogP contribution is -2.49. The number of carbonyl (C=O) groups is 2. The van der Waals surface area contributed by atoms with Crippen molar-refractivity contribution < 1.29 is 14.3 Å². The Bertz CT molecular complexity index is 488. The van der Waals surface area contributed by atoms with Crippen molar-refractivity contribution in [3.05, 3.63) is 0 Å². The van der Waals surface area contributed by atoms with Crippen LogP contribution in [0.25, 0.3) is 0 Å². The Hall–Kier alpha value is -1.26. The number of alkyl carbamates (subject to hydrolysis) is 1. The molecule has 0 unspecified atom stereocenters. The van der Waals surface area contributed by atoms with Gasteiger partial charge in [0, 0.05) is 25.6 Å². The van der Waals surface area contributed by atoms with Gasteiger partial charge in [-0.05, 0) is 55.4 Å². The zero-order valence-electron chi connectivity index (χ0n) is 18.0. The predicted molar refractivity (Wildman–Crippen MR) is 121 cm³/mol. The van der Waals surface area contributed by atoms with Crippen molar-refractivity contribution in [2.75, 3.05) is 19.6 Å². The lowest BCUT2D eigenvalue weighted by molar-refractivity contribution is -0.121. The van der Waals surface area contributed by atoms with E-state index in [2.05, 4.69) is 26.3 Å². The van der Waals surface area contributed by atoms with E-state index in [0.29, 0.717) is 32.0 Å². The molecule has 0 rings (SSSR count). The largest absolute Gasteiger partial charge is 0.444 e. The van der Waals surface area contributed by atoms with Crippen LogP contribution in [0.4, 0.5) is 4.79 Å². The molecule has 0 aliphatic heterocycles. The van der Waals surface area contributed by atoms with E-state index in [0.717, 1.165) is 0 Å². The highest BCUT2D eigenvalue weighted by Crippen LogP contribution is 2.09. The van der Waals surface area contributed by atoms with Gasteiger partial charge in [0.1, 0.15) is 5.60 Å². The summed E-state index contributed by atoms with van der Waals surface area (Å²) in [6, 6.07) is 0.129. The summed E-state index contributed by atoms with van der Waals surface area (Å²) >= 11 is 0. The molecule has 2 amide bonds. The summed E-state index contributed by atoms with van der Waals surface area (Å²) in [5.41, 5.74) is -1.11. The van der Waals surface area contributed by atoms with Gasteiger partial charge in [0.15, 0.2) is 5.96 Å². The minimum Gasteiger partial charge on any atom is -0.444 e. The number of guanidine groups is 1. The van der Waals surface area contributed by atoms with Gasteiger partial charge in [-0.15, -0.1) is 24.0 Å². The van der Waals surface area contributed by atoms with Gasteiger partial charge in [-0.25, -0.2) is 4.79 Å². The molecular weight excluding hydrogens is 461 g/mol. The van der Waals surface area contributed by atoms with E-state index < -0.39 is 17.2 Å². The van der Waals surface area contributed by atoms with Gasteiger partial charge in [-0.1, -0.05) is 0 Å². The molecule has 160 valence electrons. The monoisotopic (exact) mass is 499 g/mol. The molecular formula is C18H38IN5O3. The molecule has 0 aliphatic carbocycles. The molecule has 0 saturated carbocycles. The second kappa shape index (κ2) is 13.0. The van der Waals surface area contributed by atoms with Gasteiger partial charge in [0.25, 0.3) is 0 Å². The van der Waals surface area contributed by atoms with Gasteiger partial charge in [-0.2, -0.15) is 0 Å². The number of aliphatic imine (C=N–C) groups is 1. The molecule has 8 nitrogen and oxygen atoms in total. The highest BCUT2D eigenvalue weighted by Gasteiger charge is 2.24. The van der Waals surface area contributed by atoms with Crippen LogP contribution in [-0.4, -0.2) is 54.8 Å². The first-order valence-electron chi connectivity index (χ1n) is 9.17. The zero-order chi connectivity index (χ0) is 20.4. The van der Waals surface area contributed by atoms with Crippen molar-refractivity contribution in [1.82, 2.24) is 21.3 Å². The molecule has 0 aromatic heterocycles. The van der Waals surface area contributed by atoms with Gasteiger partial charge < -0.3 is 26.0 Å². The number of halogens is 1. The lowest BCUT2D eigenvalue weighted by Gasteiger charge is -2.27. The normalized spacial score (nSPS) is 12.1. The van der Waals surface area contributed by atoms with Gasteiger partial charge >= 0.3 is 6.09 Å². The van der Waals surface area contributed by atoms with Crippen LogP contribution >= 0.6 is 24.0 Å². The first-order chi connectivity index (χ1) is 11.8. The summed E-state index contributed by atoms with van der Waals surface area (Å²) < 4.78 is 5.28. The summed E-state index contributed by atoms with van der Waals surface area (Å²) in [7, 11) is 0. The number of rotatable bonds is 8. The summed E-state index contributed by atoms with van der Waals surface area (Å²) in [6.07, 6.45) is -0.108. The van der Waals surface area contributed by atoms with E-state index in [4.69, 9.17) is 4.74 Å². The summed E-state index contributed by atoms with van der Waals surface area (Å²) in [5, 5.41) is 11.9. The van der Waals surface area contributed by atoms with E-state index in [1.165, 1.54) is 0 Å². The maximum atomic E-state index is 11.9.